The number of carbonyl (C=O) groups is 3. The maximum Gasteiger partial charge on any atom is 0.306 e. The topological polar surface area (TPSA) is 78.9 Å². The molecule has 0 amide bonds. The molecule has 0 heterocycles. The molecule has 0 aliphatic carbocycles. The van der Waals surface area contributed by atoms with E-state index in [0.717, 1.165) is 96.3 Å². The normalized spacial score (nSPS) is 12.5. The summed E-state index contributed by atoms with van der Waals surface area (Å²) in [5.74, 6) is -0.874. The first-order valence-electron chi connectivity index (χ1n) is 28.3. The Balaban J connectivity index is 4.30. The van der Waals surface area contributed by atoms with Gasteiger partial charge in [-0.15, -0.1) is 0 Å². The Labute approximate surface area is 409 Å². The van der Waals surface area contributed by atoms with Crippen LogP contribution in [0, 0.1) is 0 Å². The third-order valence-electron chi connectivity index (χ3n) is 12.3. The second-order valence-electron chi connectivity index (χ2n) is 18.8. The maximum absolute atomic E-state index is 12.8. The SMILES string of the molecule is CC/C=C\C/C=C\C/C=C\C/C=C\C/C=C\CCCCCCCCCC(=O)OCC(COC(=O)CCCCCCCCCCCCC)OC(=O)CCCCCCCCCCCCCCCC. The number of carbonyl (C=O) groups excluding carboxylic acids is 3. The summed E-state index contributed by atoms with van der Waals surface area (Å²) < 4.78 is 16.8. The van der Waals surface area contributed by atoms with E-state index >= 15 is 0 Å². The van der Waals surface area contributed by atoms with Gasteiger partial charge in [0.1, 0.15) is 13.2 Å². The summed E-state index contributed by atoms with van der Waals surface area (Å²) in [6.07, 6.45) is 67.8. The largest absolute Gasteiger partial charge is 0.462 e. The molecule has 0 rings (SSSR count). The van der Waals surface area contributed by atoms with Gasteiger partial charge in [0, 0.05) is 19.3 Å². The molecule has 0 radical (unpaired) electrons. The van der Waals surface area contributed by atoms with Crippen molar-refractivity contribution in [3.8, 4) is 0 Å². The fourth-order valence-electron chi connectivity index (χ4n) is 8.06. The molecule has 0 spiro atoms. The van der Waals surface area contributed by atoms with E-state index in [2.05, 4.69) is 81.5 Å². The van der Waals surface area contributed by atoms with Crippen LogP contribution >= 0.6 is 0 Å². The predicted octanol–water partition coefficient (Wildman–Crippen LogP) is 18.8. The smallest absolute Gasteiger partial charge is 0.306 e. The minimum Gasteiger partial charge on any atom is -0.462 e. The zero-order valence-electron chi connectivity index (χ0n) is 43.7. The first kappa shape index (κ1) is 63.1. The molecule has 0 N–H and O–H groups in total. The van der Waals surface area contributed by atoms with E-state index in [1.54, 1.807) is 0 Å². The molecule has 0 aliphatic rings. The van der Waals surface area contributed by atoms with Gasteiger partial charge in [0.05, 0.1) is 0 Å². The van der Waals surface area contributed by atoms with Crippen LogP contribution in [0.5, 0.6) is 0 Å². The van der Waals surface area contributed by atoms with Crippen LogP contribution in [-0.4, -0.2) is 37.2 Å². The second kappa shape index (κ2) is 54.7. The highest BCUT2D eigenvalue weighted by Gasteiger charge is 2.19. The van der Waals surface area contributed by atoms with E-state index in [4.69, 9.17) is 14.2 Å². The number of hydrogen-bond donors (Lipinski definition) is 0. The quantitative estimate of drug-likeness (QED) is 0.0262. The van der Waals surface area contributed by atoms with E-state index in [9.17, 15) is 14.4 Å². The van der Waals surface area contributed by atoms with Crippen LogP contribution < -0.4 is 0 Å². The lowest BCUT2D eigenvalue weighted by atomic mass is 10.0. The van der Waals surface area contributed by atoms with Crippen LogP contribution in [0.3, 0.4) is 0 Å². The van der Waals surface area contributed by atoms with Crippen molar-refractivity contribution in [2.24, 2.45) is 0 Å². The summed E-state index contributed by atoms with van der Waals surface area (Å²) >= 11 is 0. The van der Waals surface area contributed by atoms with Crippen LogP contribution in [0.15, 0.2) is 60.8 Å². The first-order chi connectivity index (χ1) is 32.5. The second-order valence-corrected chi connectivity index (χ2v) is 18.8. The van der Waals surface area contributed by atoms with Crippen molar-refractivity contribution in [2.45, 2.75) is 290 Å². The molecule has 0 aliphatic heterocycles. The standard InChI is InChI=1S/C60H106O6/c1-4-7-10-13-16-19-22-24-26-27-28-29-30-31-32-33-34-36-38-41-44-47-50-53-59(62)65-56-57(55-64-58(61)52-49-46-43-40-37-21-18-15-12-9-6-3)66-60(63)54-51-48-45-42-39-35-25-23-20-17-14-11-8-5-2/h7,10,16,19,24,26,28-29,31-32,57H,4-6,8-9,11-15,17-18,20-23,25,27,30,33-56H2,1-3H3/b10-7-,19-16-,26-24-,29-28-,32-31-. The summed E-state index contributed by atoms with van der Waals surface area (Å²) in [6, 6.07) is 0. The molecular weight excluding hydrogens is 817 g/mol. The van der Waals surface area contributed by atoms with Gasteiger partial charge in [0.25, 0.3) is 0 Å². The van der Waals surface area contributed by atoms with Crippen molar-refractivity contribution in [3.63, 3.8) is 0 Å². The fourth-order valence-corrected chi connectivity index (χ4v) is 8.06. The molecule has 0 bridgehead atoms. The summed E-state index contributed by atoms with van der Waals surface area (Å²) in [4.78, 5) is 38.1. The van der Waals surface area contributed by atoms with E-state index in [1.165, 1.54) is 148 Å². The van der Waals surface area contributed by atoms with Gasteiger partial charge in [-0.05, 0) is 64.2 Å². The molecular formula is C60H106O6. The lowest BCUT2D eigenvalue weighted by molar-refractivity contribution is -0.167. The van der Waals surface area contributed by atoms with E-state index in [1.807, 2.05) is 0 Å². The summed E-state index contributed by atoms with van der Waals surface area (Å²) in [5, 5.41) is 0. The number of esters is 3. The average Bonchev–Trinajstić information content (AvgIpc) is 3.31. The molecule has 0 saturated heterocycles. The van der Waals surface area contributed by atoms with E-state index in [0.29, 0.717) is 19.3 Å². The van der Waals surface area contributed by atoms with Gasteiger partial charge < -0.3 is 14.2 Å². The third-order valence-corrected chi connectivity index (χ3v) is 12.3. The molecule has 6 nitrogen and oxygen atoms in total. The van der Waals surface area contributed by atoms with Crippen molar-refractivity contribution in [2.75, 3.05) is 13.2 Å². The van der Waals surface area contributed by atoms with E-state index < -0.39 is 6.10 Å². The molecule has 1 unspecified atom stereocenters. The van der Waals surface area contributed by atoms with Crippen LogP contribution in [0.1, 0.15) is 284 Å². The van der Waals surface area contributed by atoms with Gasteiger partial charge in [-0.2, -0.15) is 0 Å². The average molecular weight is 924 g/mol. The van der Waals surface area contributed by atoms with Crippen molar-refractivity contribution in [1.29, 1.82) is 0 Å². The lowest BCUT2D eigenvalue weighted by Crippen LogP contribution is -2.30. The first-order valence-corrected chi connectivity index (χ1v) is 28.3. The van der Waals surface area contributed by atoms with Crippen LogP contribution in [0.4, 0.5) is 0 Å². The highest BCUT2D eigenvalue weighted by atomic mass is 16.6. The molecule has 0 aromatic heterocycles. The van der Waals surface area contributed by atoms with Gasteiger partial charge in [-0.3, -0.25) is 14.4 Å². The Kier molecular flexibility index (Phi) is 52.3. The van der Waals surface area contributed by atoms with Crippen molar-refractivity contribution in [1.82, 2.24) is 0 Å². The Bertz CT molecular complexity index is 1200. The molecule has 0 aromatic rings. The third kappa shape index (κ3) is 52.1. The van der Waals surface area contributed by atoms with Gasteiger partial charge >= 0.3 is 17.9 Å². The summed E-state index contributed by atoms with van der Waals surface area (Å²) in [7, 11) is 0. The Morgan fingerprint density at radius 2 is 0.591 bits per heavy atom. The number of ether oxygens (including phenoxy) is 3. The Hall–Kier alpha value is -2.89. The molecule has 1 atom stereocenters. The molecule has 0 aromatic carbocycles. The van der Waals surface area contributed by atoms with Gasteiger partial charge in [0.2, 0.25) is 0 Å². The Morgan fingerprint density at radius 1 is 0.318 bits per heavy atom. The van der Waals surface area contributed by atoms with Crippen LogP contribution in [0.25, 0.3) is 0 Å². The number of allylic oxidation sites excluding steroid dienone is 10. The molecule has 6 heteroatoms. The minimum absolute atomic E-state index is 0.0737. The predicted molar refractivity (Wildman–Crippen MR) is 284 cm³/mol. The maximum atomic E-state index is 12.8. The number of rotatable bonds is 51. The van der Waals surface area contributed by atoms with Gasteiger partial charge in [0.15, 0.2) is 6.10 Å². The van der Waals surface area contributed by atoms with Crippen molar-refractivity contribution >= 4 is 17.9 Å². The summed E-state index contributed by atoms with van der Waals surface area (Å²) in [6.45, 7) is 6.53. The van der Waals surface area contributed by atoms with E-state index in [-0.39, 0.29) is 31.1 Å². The fraction of sp³-hybridized carbons (Fsp3) is 0.783. The van der Waals surface area contributed by atoms with Crippen LogP contribution in [0.2, 0.25) is 0 Å². The van der Waals surface area contributed by atoms with Gasteiger partial charge in [-0.25, -0.2) is 0 Å². The van der Waals surface area contributed by atoms with Gasteiger partial charge in [-0.1, -0.05) is 261 Å². The number of hydrogen-bond acceptors (Lipinski definition) is 6. The highest BCUT2D eigenvalue weighted by molar-refractivity contribution is 5.71. The molecule has 0 saturated carbocycles. The minimum atomic E-state index is -0.774. The van der Waals surface area contributed by atoms with Crippen molar-refractivity contribution < 1.29 is 28.6 Å². The summed E-state index contributed by atoms with van der Waals surface area (Å²) in [5.41, 5.74) is 0. The monoisotopic (exact) mass is 923 g/mol. The number of unbranched alkanes of at least 4 members (excludes halogenated alkanes) is 30. The zero-order chi connectivity index (χ0) is 47.9. The zero-order valence-corrected chi connectivity index (χ0v) is 43.7. The molecule has 382 valence electrons. The molecule has 0 fully saturated rings. The van der Waals surface area contributed by atoms with Crippen LogP contribution in [-0.2, 0) is 28.6 Å². The molecule has 66 heavy (non-hydrogen) atoms. The lowest BCUT2D eigenvalue weighted by Gasteiger charge is -2.18. The van der Waals surface area contributed by atoms with Crippen molar-refractivity contribution in [3.05, 3.63) is 60.8 Å². The highest BCUT2D eigenvalue weighted by Crippen LogP contribution is 2.16. The Morgan fingerprint density at radius 3 is 0.924 bits per heavy atom.